The summed E-state index contributed by atoms with van der Waals surface area (Å²) in [5.41, 5.74) is 1.80. The molecule has 0 aliphatic heterocycles. The summed E-state index contributed by atoms with van der Waals surface area (Å²) in [6.45, 7) is 6.50. The molecule has 0 saturated heterocycles. The Balaban J connectivity index is 0.00000176. The fraction of sp³-hybridized carbons (Fsp3) is 0.400. The minimum absolute atomic E-state index is 0.201. The minimum atomic E-state index is -3.54. The number of halogens is 3. The molecule has 0 saturated carbocycles. The summed E-state index contributed by atoms with van der Waals surface area (Å²) in [4.78, 5) is -0.274. The molecule has 2 aromatic carbocycles. The van der Waals surface area contributed by atoms with E-state index in [4.69, 9.17) is 23.2 Å². The largest absolute Gasteiger partial charge is 0.310 e. The molecule has 2 rings (SSSR count). The van der Waals surface area contributed by atoms with Gasteiger partial charge in [-0.3, -0.25) is 0 Å². The van der Waals surface area contributed by atoms with E-state index in [1.165, 1.54) is 12.1 Å². The molecule has 0 spiro atoms. The average Bonchev–Trinajstić information content (AvgIpc) is 2.61. The molecule has 0 aromatic heterocycles. The van der Waals surface area contributed by atoms with E-state index in [2.05, 4.69) is 5.32 Å². The molecule has 0 fully saturated rings. The van der Waals surface area contributed by atoms with E-state index in [1.54, 1.807) is 12.1 Å². The van der Waals surface area contributed by atoms with Crippen molar-refractivity contribution in [2.24, 2.45) is 0 Å². The Morgan fingerprint density at radius 1 is 1.04 bits per heavy atom. The van der Waals surface area contributed by atoms with Crippen molar-refractivity contribution in [2.75, 3.05) is 6.26 Å². The van der Waals surface area contributed by atoms with Gasteiger partial charge in [0.25, 0.3) is 0 Å². The van der Waals surface area contributed by atoms with Gasteiger partial charge in [0.15, 0.2) is 9.84 Å². The van der Waals surface area contributed by atoms with Gasteiger partial charge in [-0.15, -0.1) is 0 Å². The molecule has 0 amide bonds. The second kappa shape index (κ2) is 11.0. The molecule has 3 nitrogen and oxygen atoms in total. The van der Waals surface area contributed by atoms with Crippen LogP contribution in [0.5, 0.6) is 0 Å². The highest BCUT2D eigenvalue weighted by Crippen LogP contribution is 2.23. The second-order valence-electron chi connectivity index (χ2n) is 6.11. The SMILES string of the molecule is CC.CC(CCc1ccc(Cl)c(Cl)c1)NCc1ccc(S(C)(=O)=O)c(F)c1. The average molecular weight is 434 g/mol. The number of nitrogens with one attached hydrogen (secondary N) is 1. The van der Waals surface area contributed by atoms with Crippen molar-refractivity contribution in [2.45, 2.75) is 51.1 Å². The minimum Gasteiger partial charge on any atom is -0.310 e. The molecule has 1 unspecified atom stereocenters. The third-order valence-electron chi connectivity index (χ3n) is 3.90. The van der Waals surface area contributed by atoms with Gasteiger partial charge in [0.1, 0.15) is 10.7 Å². The number of aryl methyl sites for hydroxylation is 1. The van der Waals surface area contributed by atoms with Crippen LogP contribution in [0.25, 0.3) is 0 Å². The van der Waals surface area contributed by atoms with Gasteiger partial charge < -0.3 is 5.32 Å². The topological polar surface area (TPSA) is 46.2 Å². The first-order valence-corrected chi connectivity index (χ1v) is 11.5. The summed E-state index contributed by atoms with van der Waals surface area (Å²) >= 11 is 11.9. The molecule has 2 aromatic rings. The Morgan fingerprint density at radius 2 is 1.67 bits per heavy atom. The van der Waals surface area contributed by atoms with Crippen LogP contribution in [0, 0.1) is 5.82 Å². The number of hydrogen-bond acceptors (Lipinski definition) is 3. The zero-order chi connectivity index (χ0) is 20.6. The van der Waals surface area contributed by atoms with Crippen molar-refractivity contribution in [3.05, 3.63) is 63.4 Å². The molecule has 0 radical (unpaired) electrons. The summed E-state index contributed by atoms with van der Waals surface area (Å²) in [5, 5.41) is 4.39. The molecule has 0 aliphatic carbocycles. The van der Waals surface area contributed by atoms with Gasteiger partial charge in [-0.2, -0.15) is 0 Å². The Kier molecular flexibility index (Phi) is 9.74. The third-order valence-corrected chi connectivity index (χ3v) is 5.77. The molecule has 150 valence electrons. The van der Waals surface area contributed by atoms with Gasteiger partial charge in [-0.1, -0.05) is 49.2 Å². The highest BCUT2D eigenvalue weighted by Gasteiger charge is 2.14. The number of sulfone groups is 1. The van der Waals surface area contributed by atoms with Gasteiger partial charge in [-0.25, -0.2) is 12.8 Å². The molecular formula is C20H26Cl2FNO2S. The van der Waals surface area contributed by atoms with Crippen molar-refractivity contribution in [3.8, 4) is 0 Å². The molecule has 0 heterocycles. The molecule has 0 bridgehead atoms. The van der Waals surface area contributed by atoms with Crippen molar-refractivity contribution in [1.29, 1.82) is 0 Å². The summed E-state index contributed by atoms with van der Waals surface area (Å²) < 4.78 is 36.7. The second-order valence-corrected chi connectivity index (χ2v) is 8.90. The van der Waals surface area contributed by atoms with Crippen LogP contribution in [0.4, 0.5) is 4.39 Å². The van der Waals surface area contributed by atoms with Crippen LogP contribution in [0.2, 0.25) is 10.0 Å². The Hall–Kier alpha value is -1.14. The van der Waals surface area contributed by atoms with Crippen molar-refractivity contribution in [1.82, 2.24) is 5.32 Å². The molecule has 1 N–H and O–H groups in total. The van der Waals surface area contributed by atoms with Crippen molar-refractivity contribution >= 4 is 33.0 Å². The monoisotopic (exact) mass is 433 g/mol. The lowest BCUT2D eigenvalue weighted by Crippen LogP contribution is -2.26. The van der Waals surface area contributed by atoms with Crippen LogP contribution in [0.1, 0.15) is 38.3 Å². The van der Waals surface area contributed by atoms with Gasteiger partial charge in [-0.05, 0) is 55.2 Å². The van der Waals surface area contributed by atoms with E-state index < -0.39 is 15.7 Å². The zero-order valence-electron chi connectivity index (χ0n) is 16.0. The Bertz CT molecular complexity index is 857. The van der Waals surface area contributed by atoms with E-state index >= 15 is 0 Å². The van der Waals surface area contributed by atoms with Crippen LogP contribution >= 0.6 is 23.2 Å². The lowest BCUT2D eigenvalue weighted by atomic mass is 10.1. The number of benzene rings is 2. The van der Waals surface area contributed by atoms with E-state index in [0.717, 1.165) is 24.7 Å². The first-order valence-electron chi connectivity index (χ1n) is 8.82. The summed E-state index contributed by atoms with van der Waals surface area (Å²) in [7, 11) is -3.54. The summed E-state index contributed by atoms with van der Waals surface area (Å²) in [6, 6.07) is 9.97. The van der Waals surface area contributed by atoms with Gasteiger partial charge in [0.2, 0.25) is 0 Å². The lowest BCUT2D eigenvalue weighted by Gasteiger charge is -2.14. The van der Waals surface area contributed by atoms with Crippen molar-refractivity contribution < 1.29 is 12.8 Å². The fourth-order valence-electron chi connectivity index (χ4n) is 2.43. The predicted molar refractivity (Wildman–Crippen MR) is 112 cm³/mol. The zero-order valence-corrected chi connectivity index (χ0v) is 18.3. The molecule has 27 heavy (non-hydrogen) atoms. The Morgan fingerprint density at radius 3 is 2.22 bits per heavy atom. The van der Waals surface area contributed by atoms with Crippen LogP contribution in [0.3, 0.4) is 0 Å². The van der Waals surface area contributed by atoms with Crippen LogP contribution in [-0.2, 0) is 22.8 Å². The molecule has 7 heteroatoms. The lowest BCUT2D eigenvalue weighted by molar-refractivity contribution is 0.511. The third kappa shape index (κ3) is 7.78. The highest BCUT2D eigenvalue weighted by molar-refractivity contribution is 7.90. The van der Waals surface area contributed by atoms with E-state index in [-0.39, 0.29) is 10.9 Å². The van der Waals surface area contributed by atoms with E-state index in [0.29, 0.717) is 22.2 Å². The van der Waals surface area contributed by atoms with Gasteiger partial charge >= 0.3 is 0 Å². The number of rotatable bonds is 7. The van der Waals surface area contributed by atoms with Crippen molar-refractivity contribution in [3.63, 3.8) is 0 Å². The van der Waals surface area contributed by atoms with E-state index in [1.807, 2.05) is 32.9 Å². The van der Waals surface area contributed by atoms with Crippen LogP contribution in [-0.4, -0.2) is 20.7 Å². The van der Waals surface area contributed by atoms with Crippen LogP contribution in [0.15, 0.2) is 41.3 Å². The van der Waals surface area contributed by atoms with Gasteiger partial charge in [0.05, 0.1) is 10.0 Å². The smallest absolute Gasteiger partial charge is 0.178 e. The normalized spacial score (nSPS) is 12.3. The first-order chi connectivity index (χ1) is 12.7. The quantitative estimate of drug-likeness (QED) is 0.611. The predicted octanol–water partition coefficient (Wildman–Crippen LogP) is 5.67. The van der Waals surface area contributed by atoms with E-state index in [9.17, 15) is 12.8 Å². The summed E-state index contributed by atoms with van der Waals surface area (Å²) in [6.07, 6.45) is 2.71. The molecule has 0 aliphatic rings. The standard InChI is InChI=1S/C18H20Cl2FNO2S.C2H6/c1-12(3-4-13-5-7-15(19)16(20)9-13)22-11-14-6-8-18(17(21)10-14)25(2,23)24;1-2/h5-10,12,22H,3-4,11H2,1-2H3;1-2H3. The fourth-order valence-corrected chi connectivity index (χ4v) is 3.48. The Labute approximate surface area is 171 Å². The highest BCUT2D eigenvalue weighted by atomic mass is 35.5. The van der Waals surface area contributed by atoms with Crippen LogP contribution < -0.4 is 5.32 Å². The first kappa shape index (κ1) is 23.9. The maximum absolute atomic E-state index is 13.9. The maximum atomic E-state index is 13.9. The molecular weight excluding hydrogens is 408 g/mol. The molecule has 1 atom stereocenters. The summed E-state index contributed by atoms with van der Waals surface area (Å²) in [5.74, 6) is -0.717. The number of hydrogen-bond donors (Lipinski definition) is 1. The van der Waals surface area contributed by atoms with Gasteiger partial charge in [0, 0.05) is 18.8 Å². The maximum Gasteiger partial charge on any atom is 0.178 e.